The number of rotatable bonds is 8. The molecule has 10 nitrogen and oxygen atoms in total. The first-order chi connectivity index (χ1) is 16.8. The number of hydrogen-bond donors (Lipinski definition) is 2. The van der Waals surface area contributed by atoms with Crippen LogP contribution in [0.4, 0.5) is 0 Å². The van der Waals surface area contributed by atoms with Crippen molar-refractivity contribution in [2.75, 3.05) is 20.8 Å². The van der Waals surface area contributed by atoms with Gasteiger partial charge in [0.05, 0.1) is 27.1 Å². The van der Waals surface area contributed by atoms with Crippen LogP contribution in [0.25, 0.3) is 0 Å². The van der Waals surface area contributed by atoms with E-state index in [2.05, 4.69) is 15.6 Å². The Labute approximate surface area is 205 Å². The van der Waals surface area contributed by atoms with Gasteiger partial charge in [-0.2, -0.15) is 0 Å². The highest BCUT2D eigenvalue weighted by Crippen LogP contribution is 2.30. The number of carbonyl (C=O) groups excluding carboxylic acids is 3. The summed E-state index contributed by atoms with van der Waals surface area (Å²) in [7, 11) is 3.11. The van der Waals surface area contributed by atoms with Gasteiger partial charge < -0.3 is 29.6 Å². The smallest absolute Gasteiger partial charge is 0.273 e. The molecule has 0 bridgehead atoms. The van der Waals surface area contributed by atoms with Crippen molar-refractivity contribution in [1.29, 1.82) is 0 Å². The number of ether oxygens (including phenoxy) is 2. The highest BCUT2D eigenvalue weighted by Gasteiger charge is 2.48. The molecule has 2 N–H and O–H groups in total. The molecular weight excluding hydrogens is 450 g/mol. The van der Waals surface area contributed by atoms with E-state index >= 15 is 0 Å². The van der Waals surface area contributed by atoms with Crippen LogP contribution in [0.5, 0.6) is 11.5 Å². The van der Waals surface area contributed by atoms with Crippen molar-refractivity contribution in [3.8, 4) is 11.5 Å². The van der Waals surface area contributed by atoms with Crippen LogP contribution in [-0.4, -0.2) is 64.5 Å². The van der Waals surface area contributed by atoms with Gasteiger partial charge in [-0.05, 0) is 38.8 Å². The molecule has 10 heteroatoms. The number of benzene rings is 1. The minimum absolute atomic E-state index is 0.0409. The number of methoxy groups -OCH3 is 2. The molecule has 1 aliphatic heterocycles. The molecule has 1 atom stereocenters. The first-order valence-corrected chi connectivity index (χ1v) is 12.0. The van der Waals surface area contributed by atoms with Gasteiger partial charge in [0, 0.05) is 30.8 Å². The van der Waals surface area contributed by atoms with E-state index in [9.17, 15) is 14.4 Å². The van der Waals surface area contributed by atoms with E-state index in [1.807, 2.05) is 6.92 Å². The zero-order valence-corrected chi connectivity index (χ0v) is 20.7. The van der Waals surface area contributed by atoms with Crippen molar-refractivity contribution in [3.05, 3.63) is 41.5 Å². The van der Waals surface area contributed by atoms with Crippen molar-refractivity contribution in [2.24, 2.45) is 0 Å². The Balaban J connectivity index is 1.53. The van der Waals surface area contributed by atoms with Gasteiger partial charge in [0.1, 0.15) is 22.7 Å². The topological polar surface area (TPSA) is 115 Å². The predicted molar refractivity (Wildman–Crippen MR) is 128 cm³/mol. The second kappa shape index (κ2) is 9.97. The Morgan fingerprint density at radius 3 is 2.60 bits per heavy atom. The third kappa shape index (κ3) is 4.56. The predicted octanol–water partition coefficient (Wildman–Crippen LogP) is 2.12. The molecule has 1 fully saturated rings. The fraction of sp³-hybridized carbons (Fsp3) is 0.520. The summed E-state index contributed by atoms with van der Waals surface area (Å²) in [6.07, 6.45) is 5.59. The first-order valence-electron chi connectivity index (χ1n) is 12.0. The number of amides is 3. The standard InChI is InChI=1S/C25H33N5O5/c1-5-30-23(32)21-20(22(31)26-13-16-10-11-18(34-3)12-19(16)35-4)27-15-29(21)14-25(30,2)24(33)28-17-8-6-7-9-17/h10-12,15,17H,5-9,13-14H2,1-4H3,(H,26,31)(H,28,33). The van der Waals surface area contributed by atoms with Gasteiger partial charge in [0.25, 0.3) is 11.8 Å². The fourth-order valence-corrected chi connectivity index (χ4v) is 5.02. The summed E-state index contributed by atoms with van der Waals surface area (Å²) in [5.41, 5.74) is -0.0736. The first kappa shape index (κ1) is 24.6. The number of imidazole rings is 1. The van der Waals surface area contributed by atoms with E-state index in [4.69, 9.17) is 9.47 Å². The molecule has 3 amide bonds. The van der Waals surface area contributed by atoms with E-state index in [0.29, 0.717) is 18.0 Å². The number of nitrogens with one attached hydrogen (secondary N) is 2. The molecule has 0 saturated heterocycles. The normalized spacial score (nSPS) is 19.9. The maximum Gasteiger partial charge on any atom is 0.273 e. The lowest BCUT2D eigenvalue weighted by Crippen LogP contribution is -2.64. The van der Waals surface area contributed by atoms with E-state index in [-0.39, 0.29) is 42.3 Å². The Kier molecular flexibility index (Phi) is 7.00. The highest BCUT2D eigenvalue weighted by atomic mass is 16.5. The van der Waals surface area contributed by atoms with Crippen LogP contribution in [0.1, 0.15) is 66.1 Å². The molecule has 0 spiro atoms. The van der Waals surface area contributed by atoms with Crippen LogP contribution in [0.15, 0.2) is 24.5 Å². The van der Waals surface area contributed by atoms with Gasteiger partial charge in [-0.1, -0.05) is 12.8 Å². The van der Waals surface area contributed by atoms with E-state index in [0.717, 1.165) is 31.2 Å². The number of fused-ring (bicyclic) bond motifs is 1. The largest absolute Gasteiger partial charge is 0.497 e. The second-order valence-electron chi connectivity index (χ2n) is 9.21. The van der Waals surface area contributed by atoms with Gasteiger partial charge in [0.2, 0.25) is 5.91 Å². The average Bonchev–Trinajstić information content (AvgIpc) is 3.52. The number of aromatic nitrogens is 2. The molecule has 1 aromatic carbocycles. The summed E-state index contributed by atoms with van der Waals surface area (Å²) in [5, 5.41) is 5.95. The van der Waals surface area contributed by atoms with E-state index in [1.165, 1.54) is 11.2 Å². The van der Waals surface area contributed by atoms with Crippen LogP contribution in [-0.2, 0) is 17.9 Å². The fourth-order valence-electron chi connectivity index (χ4n) is 5.02. The summed E-state index contributed by atoms with van der Waals surface area (Å²) in [4.78, 5) is 45.6. The Hall–Kier alpha value is -3.56. The molecule has 2 heterocycles. The van der Waals surface area contributed by atoms with Gasteiger partial charge in [-0.25, -0.2) is 4.98 Å². The maximum atomic E-state index is 13.5. The third-order valence-electron chi connectivity index (χ3n) is 7.00. The van der Waals surface area contributed by atoms with Gasteiger partial charge in [0.15, 0.2) is 5.69 Å². The monoisotopic (exact) mass is 483 g/mol. The lowest BCUT2D eigenvalue weighted by molar-refractivity contribution is -0.133. The van der Waals surface area contributed by atoms with Crippen molar-refractivity contribution in [1.82, 2.24) is 25.1 Å². The van der Waals surface area contributed by atoms with Crippen LogP contribution >= 0.6 is 0 Å². The third-order valence-corrected chi connectivity index (χ3v) is 7.00. The number of likely N-dealkylation sites (N-methyl/N-ethyl adjacent to an activating group) is 1. The molecule has 2 aromatic rings. The van der Waals surface area contributed by atoms with Gasteiger partial charge in [-0.3, -0.25) is 14.4 Å². The lowest BCUT2D eigenvalue weighted by atomic mass is 9.94. The quantitative estimate of drug-likeness (QED) is 0.595. The average molecular weight is 484 g/mol. The Morgan fingerprint density at radius 2 is 1.94 bits per heavy atom. The van der Waals surface area contributed by atoms with E-state index in [1.54, 1.807) is 43.9 Å². The van der Waals surface area contributed by atoms with Crippen LogP contribution in [0, 0.1) is 0 Å². The molecule has 0 radical (unpaired) electrons. The van der Waals surface area contributed by atoms with Crippen molar-refractivity contribution in [2.45, 2.75) is 64.2 Å². The molecule has 188 valence electrons. The summed E-state index contributed by atoms with van der Waals surface area (Å²) in [5.74, 6) is 0.197. The van der Waals surface area contributed by atoms with Crippen molar-refractivity contribution in [3.63, 3.8) is 0 Å². The SMILES string of the molecule is CCN1C(=O)c2c(C(=O)NCc3ccc(OC)cc3OC)ncn2CC1(C)C(=O)NC1CCCC1. The van der Waals surface area contributed by atoms with E-state index < -0.39 is 11.4 Å². The molecule has 2 aliphatic rings. The highest BCUT2D eigenvalue weighted by molar-refractivity contribution is 6.07. The van der Waals surface area contributed by atoms with Crippen LogP contribution in [0.2, 0.25) is 0 Å². The zero-order chi connectivity index (χ0) is 25.2. The van der Waals surface area contributed by atoms with Crippen molar-refractivity contribution < 1.29 is 23.9 Å². The summed E-state index contributed by atoms with van der Waals surface area (Å²) in [6.45, 7) is 4.36. The molecule has 35 heavy (non-hydrogen) atoms. The van der Waals surface area contributed by atoms with Crippen LogP contribution in [0.3, 0.4) is 0 Å². The molecule has 1 saturated carbocycles. The van der Waals surface area contributed by atoms with Crippen molar-refractivity contribution >= 4 is 17.7 Å². The van der Waals surface area contributed by atoms with Gasteiger partial charge >= 0.3 is 0 Å². The maximum absolute atomic E-state index is 13.5. The minimum atomic E-state index is -1.06. The van der Waals surface area contributed by atoms with Crippen LogP contribution < -0.4 is 20.1 Å². The molecular formula is C25H33N5O5. The van der Waals surface area contributed by atoms with Gasteiger partial charge in [-0.15, -0.1) is 0 Å². The summed E-state index contributed by atoms with van der Waals surface area (Å²) >= 11 is 0. The molecule has 1 unspecified atom stereocenters. The molecule has 4 rings (SSSR count). The molecule has 1 aromatic heterocycles. The number of nitrogens with zero attached hydrogens (tertiary/aromatic N) is 3. The molecule has 1 aliphatic carbocycles. The second-order valence-corrected chi connectivity index (χ2v) is 9.21. The number of hydrogen-bond acceptors (Lipinski definition) is 6. The lowest BCUT2D eigenvalue weighted by Gasteiger charge is -2.43. The summed E-state index contributed by atoms with van der Waals surface area (Å²) < 4.78 is 12.2. The zero-order valence-electron chi connectivity index (χ0n) is 20.7. The number of carbonyl (C=O) groups is 3. The Morgan fingerprint density at radius 1 is 1.20 bits per heavy atom. The Bertz CT molecular complexity index is 1120. The minimum Gasteiger partial charge on any atom is -0.497 e. The summed E-state index contributed by atoms with van der Waals surface area (Å²) in [6, 6.07) is 5.47.